The van der Waals surface area contributed by atoms with Crippen LogP contribution in [0.4, 0.5) is 14.6 Å². The zero-order chi connectivity index (χ0) is 18.5. The molecule has 0 fully saturated rings. The summed E-state index contributed by atoms with van der Waals surface area (Å²) in [6.45, 7) is -0.0600. The van der Waals surface area contributed by atoms with Gasteiger partial charge in [0, 0.05) is 17.2 Å². The second kappa shape index (κ2) is 7.97. The van der Waals surface area contributed by atoms with Crippen LogP contribution in [0, 0.1) is 11.6 Å². The quantitative estimate of drug-likeness (QED) is 0.709. The van der Waals surface area contributed by atoms with Crippen LogP contribution in [0.25, 0.3) is 0 Å². The molecule has 2 aromatic carbocycles. The molecule has 1 aromatic heterocycles. The Morgan fingerprint density at radius 2 is 2.00 bits per heavy atom. The minimum atomic E-state index is -0.874. The number of nitrogens with one attached hydrogen (secondary N) is 1. The predicted molar refractivity (Wildman–Crippen MR) is 93.3 cm³/mol. The van der Waals surface area contributed by atoms with Gasteiger partial charge in [-0.3, -0.25) is 4.79 Å². The minimum Gasteiger partial charge on any atom is -0.481 e. The molecule has 3 rings (SSSR count). The van der Waals surface area contributed by atoms with Crippen LogP contribution in [0.1, 0.15) is 5.56 Å². The van der Waals surface area contributed by atoms with Crippen LogP contribution < -0.4 is 10.1 Å². The number of nitrogens with zero attached hydrogens (tertiary/aromatic N) is 2. The van der Waals surface area contributed by atoms with Crippen molar-refractivity contribution in [2.75, 3.05) is 11.9 Å². The van der Waals surface area contributed by atoms with Gasteiger partial charge in [-0.1, -0.05) is 29.8 Å². The van der Waals surface area contributed by atoms with Crippen molar-refractivity contribution in [2.45, 2.75) is 6.54 Å². The van der Waals surface area contributed by atoms with E-state index in [1.165, 1.54) is 6.20 Å². The fourth-order valence-electron chi connectivity index (χ4n) is 2.27. The van der Waals surface area contributed by atoms with E-state index >= 15 is 0 Å². The van der Waals surface area contributed by atoms with E-state index in [4.69, 9.17) is 16.3 Å². The molecule has 26 heavy (non-hydrogen) atoms. The highest BCUT2D eigenvalue weighted by molar-refractivity contribution is 6.31. The molecule has 1 N–H and O–H groups in total. The Hall–Kier alpha value is -2.93. The third kappa shape index (κ3) is 4.37. The van der Waals surface area contributed by atoms with Crippen LogP contribution in [0.5, 0.6) is 5.75 Å². The normalized spacial score (nSPS) is 10.6. The average molecular weight is 378 g/mol. The fraction of sp³-hybridized carbons (Fsp3) is 0.111. The second-order valence-electron chi connectivity index (χ2n) is 5.38. The van der Waals surface area contributed by atoms with Gasteiger partial charge in [0.05, 0.1) is 12.7 Å². The highest BCUT2D eigenvalue weighted by Gasteiger charge is 2.11. The number of anilines is 1. The number of rotatable bonds is 6. The molecule has 134 valence electrons. The molecule has 0 bridgehead atoms. The summed E-state index contributed by atoms with van der Waals surface area (Å²) in [5.41, 5.74) is 0.845. The van der Waals surface area contributed by atoms with Gasteiger partial charge in [0.25, 0.3) is 5.91 Å². The summed E-state index contributed by atoms with van der Waals surface area (Å²) in [5.74, 6) is -1.86. The lowest BCUT2D eigenvalue weighted by Crippen LogP contribution is -2.22. The van der Waals surface area contributed by atoms with Gasteiger partial charge in [-0.25, -0.2) is 13.5 Å². The second-order valence-corrected chi connectivity index (χ2v) is 5.78. The lowest BCUT2D eigenvalue weighted by atomic mass is 10.2. The SMILES string of the molecule is O=C(COc1ccc(F)cc1F)Nc1ccnn1Cc1ccccc1Cl. The van der Waals surface area contributed by atoms with E-state index in [2.05, 4.69) is 10.4 Å². The topological polar surface area (TPSA) is 56.1 Å². The lowest BCUT2D eigenvalue weighted by Gasteiger charge is -2.11. The van der Waals surface area contributed by atoms with Crippen LogP contribution in [-0.2, 0) is 11.3 Å². The molecule has 1 heterocycles. The number of hydrogen-bond acceptors (Lipinski definition) is 3. The fourth-order valence-corrected chi connectivity index (χ4v) is 2.46. The van der Waals surface area contributed by atoms with E-state index in [0.29, 0.717) is 23.5 Å². The molecular formula is C18H14ClF2N3O2. The number of carbonyl (C=O) groups excluding carboxylic acids is 1. The predicted octanol–water partition coefficient (Wildman–Crippen LogP) is 3.88. The van der Waals surface area contributed by atoms with Crippen molar-refractivity contribution in [1.82, 2.24) is 9.78 Å². The maximum Gasteiger partial charge on any atom is 0.263 e. The average Bonchev–Trinajstić information content (AvgIpc) is 3.03. The van der Waals surface area contributed by atoms with E-state index in [0.717, 1.165) is 17.7 Å². The summed E-state index contributed by atoms with van der Waals surface area (Å²) in [6, 6.07) is 11.8. The molecule has 0 aliphatic heterocycles. The Morgan fingerprint density at radius 3 is 2.77 bits per heavy atom. The molecule has 0 radical (unpaired) electrons. The molecule has 0 saturated carbocycles. The third-order valence-corrected chi connectivity index (χ3v) is 3.88. The summed E-state index contributed by atoms with van der Waals surface area (Å²) in [5, 5.41) is 7.37. The highest BCUT2D eigenvalue weighted by atomic mass is 35.5. The van der Waals surface area contributed by atoms with Crippen LogP contribution >= 0.6 is 11.6 Å². The number of benzene rings is 2. The van der Waals surface area contributed by atoms with Crippen molar-refractivity contribution in [3.63, 3.8) is 0 Å². The smallest absolute Gasteiger partial charge is 0.263 e. The number of ether oxygens (including phenoxy) is 1. The van der Waals surface area contributed by atoms with Gasteiger partial charge in [0.15, 0.2) is 18.2 Å². The first kappa shape index (κ1) is 17.9. The Bertz CT molecular complexity index is 930. The van der Waals surface area contributed by atoms with Crippen LogP contribution in [0.2, 0.25) is 5.02 Å². The van der Waals surface area contributed by atoms with Gasteiger partial charge in [-0.15, -0.1) is 0 Å². The molecule has 0 unspecified atom stereocenters. The first-order valence-corrected chi connectivity index (χ1v) is 8.03. The molecule has 0 aliphatic carbocycles. The van der Waals surface area contributed by atoms with Gasteiger partial charge >= 0.3 is 0 Å². The zero-order valence-corrected chi connectivity index (χ0v) is 14.2. The van der Waals surface area contributed by atoms with Crippen LogP contribution in [0.3, 0.4) is 0 Å². The minimum absolute atomic E-state index is 0.203. The summed E-state index contributed by atoms with van der Waals surface area (Å²) in [6.07, 6.45) is 1.53. The van der Waals surface area contributed by atoms with Crippen LogP contribution in [-0.4, -0.2) is 22.3 Å². The Labute approximate surface area is 153 Å². The number of carbonyl (C=O) groups is 1. The number of halogens is 3. The third-order valence-electron chi connectivity index (χ3n) is 3.51. The van der Waals surface area contributed by atoms with E-state index in [1.807, 2.05) is 18.2 Å². The van der Waals surface area contributed by atoms with Crippen molar-refractivity contribution < 1.29 is 18.3 Å². The monoisotopic (exact) mass is 377 g/mol. The van der Waals surface area contributed by atoms with E-state index in [-0.39, 0.29) is 5.75 Å². The van der Waals surface area contributed by atoms with Crippen molar-refractivity contribution in [2.24, 2.45) is 0 Å². The van der Waals surface area contributed by atoms with Crippen molar-refractivity contribution in [1.29, 1.82) is 0 Å². The number of hydrogen-bond donors (Lipinski definition) is 1. The molecule has 5 nitrogen and oxygen atoms in total. The van der Waals surface area contributed by atoms with Crippen molar-refractivity contribution >= 4 is 23.3 Å². The van der Waals surface area contributed by atoms with E-state index in [1.54, 1.807) is 16.8 Å². The van der Waals surface area contributed by atoms with Gasteiger partial charge in [0.1, 0.15) is 11.6 Å². The molecular weight excluding hydrogens is 364 g/mol. The summed E-state index contributed by atoms with van der Waals surface area (Å²) in [7, 11) is 0. The largest absolute Gasteiger partial charge is 0.481 e. The molecule has 1 amide bonds. The summed E-state index contributed by atoms with van der Waals surface area (Å²) >= 11 is 6.13. The maximum atomic E-state index is 13.5. The molecule has 0 saturated heterocycles. The van der Waals surface area contributed by atoms with Crippen LogP contribution in [0.15, 0.2) is 54.7 Å². The van der Waals surface area contributed by atoms with E-state index < -0.39 is 24.1 Å². The highest BCUT2D eigenvalue weighted by Crippen LogP contribution is 2.19. The molecule has 3 aromatic rings. The Morgan fingerprint density at radius 1 is 1.19 bits per heavy atom. The summed E-state index contributed by atoms with van der Waals surface area (Å²) in [4.78, 5) is 12.0. The Balaban J connectivity index is 1.62. The first-order valence-electron chi connectivity index (χ1n) is 7.66. The van der Waals surface area contributed by atoms with Gasteiger partial charge < -0.3 is 10.1 Å². The standard InChI is InChI=1S/C18H14ClF2N3O2/c19-14-4-2-1-3-12(14)10-24-17(7-8-22-24)23-18(25)11-26-16-6-5-13(20)9-15(16)21/h1-9H,10-11H2,(H,23,25). The van der Waals surface area contributed by atoms with Gasteiger partial charge in [0.2, 0.25) is 0 Å². The first-order chi connectivity index (χ1) is 12.5. The number of amides is 1. The lowest BCUT2D eigenvalue weighted by molar-refractivity contribution is -0.118. The van der Waals surface area contributed by atoms with Crippen molar-refractivity contribution in [3.8, 4) is 5.75 Å². The van der Waals surface area contributed by atoms with Crippen molar-refractivity contribution in [3.05, 3.63) is 76.9 Å². The Kier molecular flexibility index (Phi) is 5.48. The van der Waals surface area contributed by atoms with Gasteiger partial charge in [-0.2, -0.15) is 5.10 Å². The molecule has 8 heteroatoms. The summed E-state index contributed by atoms with van der Waals surface area (Å²) < 4.78 is 33.0. The zero-order valence-electron chi connectivity index (χ0n) is 13.5. The van der Waals surface area contributed by atoms with Gasteiger partial charge in [-0.05, 0) is 23.8 Å². The molecule has 0 aliphatic rings. The molecule has 0 spiro atoms. The maximum absolute atomic E-state index is 13.5. The molecule has 0 atom stereocenters. The number of aromatic nitrogens is 2. The van der Waals surface area contributed by atoms with E-state index in [9.17, 15) is 13.6 Å².